The third-order valence-corrected chi connectivity index (χ3v) is 6.31. The number of nitrogens with zero attached hydrogens (tertiary/aromatic N) is 1. The molecular weight excluding hydrogens is 388 g/mol. The standard InChI is InChI=1S/C22H30N2O4S/c1-26-18-13-16(14-19(27-2)21(18)28-3)22(25)23-15-17(20-9-8-12-29-20)24-10-6-4-5-7-11-24/h8-9,12-14,17H,4-7,10-11,15H2,1-3H3,(H,23,25)/t17-/m0/s1. The van der Waals surface area contributed by atoms with Crippen LogP contribution in [0.1, 0.15) is 47.0 Å². The number of amides is 1. The summed E-state index contributed by atoms with van der Waals surface area (Å²) in [5.74, 6) is 1.27. The van der Waals surface area contributed by atoms with Crippen molar-refractivity contribution in [3.63, 3.8) is 0 Å². The average Bonchev–Trinajstić information content (AvgIpc) is 3.15. The minimum Gasteiger partial charge on any atom is -0.493 e. The van der Waals surface area contributed by atoms with Crippen LogP contribution >= 0.6 is 11.3 Å². The summed E-state index contributed by atoms with van der Waals surface area (Å²) in [4.78, 5) is 16.7. The van der Waals surface area contributed by atoms with Crippen LogP contribution in [0.4, 0.5) is 0 Å². The molecule has 0 aliphatic carbocycles. The molecule has 2 heterocycles. The maximum atomic E-state index is 12.9. The zero-order valence-corrected chi connectivity index (χ0v) is 18.2. The van der Waals surface area contributed by atoms with Crippen molar-refractivity contribution in [3.8, 4) is 17.2 Å². The lowest BCUT2D eigenvalue weighted by Crippen LogP contribution is -2.38. The Balaban J connectivity index is 1.76. The summed E-state index contributed by atoms with van der Waals surface area (Å²) in [6.07, 6.45) is 4.99. The number of benzene rings is 1. The van der Waals surface area contributed by atoms with E-state index >= 15 is 0 Å². The molecule has 7 heteroatoms. The van der Waals surface area contributed by atoms with Crippen LogP contribution in [0.3, 0.4) is 0 Å². The Bertz CT molecular complexity index is 761. The Morgan fingerprint density at radius 1 is 1.07 bits per heavy atom. The summed E-state index contributed by atoms with van der Waals surface area (Å²) in [5, 5.41) is 5.22. The first kappa shape index (κ1) is 21.5. The molecule has 29 heavy (non-hydrogen) atoms. The highest BCUT2D eigenvalue weighted by Gasteiger charge is 2.24. The molecule has 158 valence electrons. The zero-order chi connectivity index (χ0) is 20.6. The summed E-state index contributed by atoms with van der Waals surface area (Å²) >= 11 is 1.75. The molecule has 2 aromatic rings. The second kappa shape index (κ2) is 10.5. The van der Waals surface area contributed by atoms with Crippen LogP contribution in [-0.2, 0) is 0 Å². The van der Waals surface area contributed by atoms with Crippen molar-refractivity contribution >= 4 is 17.2 Å². The molecule has 1 N–H and O–H groups in total. The SMILES string of the molecule is COc1cc(C(=O)NC[C@@H](c2cccs2)N2CCCCCC2)cc(OC)c1OC. The molecule has 1 fully saturated rings. The topological polar surface area (TPSA) is 60.0 Å². The molecule has 1 aromatic heterocycles. The normalized spacial score (nSPS) is 16.0. The molecule has 1 atom stereocenters. The first-order valence-corrected chi connectivity index (χ1v) is 10.9. The molecule has 1 aromatic carbocycles. The first-order valence-electron chi connectivity index (χ1n) is 10.0. The fraction of sp³-hybridized carbons (Fsp3) is 0.500. The quantitative estimate of drug-likeness (QED) is 0.699. The number of hydrogen-bond donors (Lipinski definition) is 1. The van der Waals surface area contributed by atoms with Gasteiger partial charge in [0, 0.05) is 17.0 Å². The maximum absolute atomic E-state index is 12.9. The number of methoxy groups -OCH3 is 3. The smallest absolute Gasteiger partial charge is 0.251 e. The lowest BCUT2D eigenvalue weighted by atomic mass is 10.1. The van der Waals surface area contributed by atoms with Crippen molar-refractivity contribution in [2.75, 3.05) is 41.0 Å². The Kier molecular flexibility index (Phi) is 7.77. The van der Waals surface area contributed by atoms with Crippen LogP contribution in [0.2, 0.25) is 0 Å². The Morgan fingerprint density at radius 3 is 2.24 bits per heavy atom. The highest BCUT2D eigenvalue weighted by atomic mass is 32.1. The van der Waals surface area contributed by atoms with Crippen molar-refractivity contribution in [1.82, 2.24) is 10.2 Å². The van der Waals surface area contributed by atoms with Gasteiger partial charge in [-0.3, -0.25) is 9.69 Å². The van der Waals surface area contributed by atoms with E-state index in [4.69, 9.17) is 14.2 Å². The van der Waals surface area contributed by atoms with Crippen LogP contribution in [0.25, 0.3) is 0 Å². The molecule has 0 saturated carbocycles. The van der Waals surface area contributed by atoms with Gasteiger partial charge in [-0.1, -0.05) is 18.9 Å². The molecule has 1 saturated heterocycles. The molecule has 1 aliphatic rings. The number of likely N-dealkylation sites (tertiary alicyclic amines) is 1. The molecule has 0 radical (unpaired) electrons. The van der Waals surface area contributed by atoms with Crippen molar-refractivity contribution in [3.05, 3.63) is 40.1 Å². The predicted octanol–water partition coefficient (Wildman–Crippen LogP) is 4.12. The van der Waals surface area contributed by atoms with E-state index in [0.717, 1.165) is 13.1 Å². The number of carbonyl (C=O) groups is 1. The third kappa shape index (κ3) is 5.22. The van der Waals surface area contributed by atoms with E-state index in [1.807, 2.05) is 0 Å². The van der Waals surface area contributed by atoms with Gasteiger partial charge in [0.1, 0.15) is 0 Å². The van der Waals surface area contributed by atoms with E-state index in [1.165, 1.54) is 30.6 Å². The van der Waals surface area contributed by atoms with Crippen molar-refractivity contribution < 1.29 is 19.0 Å². The molecular formula is C22H30N2O4S. The van der Waals surface area contributed by atoms with Crippen LogP contribution < -0.4 is 19.5 Å². The fourth-order valence-electron chi connectivity index (χ4n) is 3.80. The van der Waals surface area contributed by atoms with Crippen molar-refractivity contribution in [2.24, 2.45) is 0 Å². The lowest BCUT2D eigenvalue weighted by molar-refractivity contribution is 0.0933. The molecule has 6 nitrogen and oxygen atoms in total. The van der Waals surface area contributed by atoms with Crippen LogP contribution in [0.15, 0.2) is 29.6 Å². The first-order chi connectivity index (χ1) is 14.2. The molecule has 0 spiro atoms. The van der Waals surface area contributed by atoms with Crippen LogP contribution in [-0.4, -0.2) is 51.8 Å². The van der Waals surface area contributed by atoms with Gasteiger partial charge in [0.05, 0.1) is 27.4 Å². The Hall–Kier alpha value is -2.25. The van der Waals surface area contributed by atoms with Crippen molar-refractivity contribution in [2.45, 2.75) is 31.7 Å². The van der Waals surface area contributed by atoms with Crippen molar-refractivity contribution in [1.29, 1.82) is 0 Å². The second-order valence-corrected chi connectivity index (χ2v) is 8.08. The van der Waals surface area contributed by atoms with E-state index < -0.39 is 0 Å². The number of rotatable bonds is 8. The van der Waals surface area contributed by atoms with Crippen LogP contribution in [0.5, 0.6) is 17.2 Å². The highest BCUT2D eigenvalue weighted by molar-refractivity contribution is 7.10. The van der Waals surface area contributed by atoms with Gasteiger partial charge in [-0.05, 0) is 49.5 Å². The van der Waals surface area contributed by atoms with Gasteiger partial charge < -0.3 is 19.5 Å². The van der Waals surface area contributed by atoms with E-state index in [9.17, 15) is 4.79 Å². The summed E-state index contributed by atoms with van der Waals surface area (Å²) in [6.45, 7) is 2.71. The molecule has 1 amide bonds. The molecule has 3 rings (SSSR count). The van der Waals surface area contributed by atoms with E-state index in [0.29, 0.717) is 29.4 Å². The minimum absolute atomic E-state index is 0.152. The second-order valence-electron chi connectivity index (χ2n) is 7.11. The minimum atomic E-state index is -0.152. The van der Waals surface area contributed by atoms with E-state index in [1.54, 1.807) is 44.8 Å². The lowest BCUT2D eigenvalue weighted by Gasteiger charge is -2.30. The van der Waals surface area contributed by atoms with Gasteiger partial charge in [-0.2, -0.15) is 0 Å². The molecule has 1 aliphatic heterocycles. The summed E-state index contributed by atoms with van der Waals surface area (Å²) < 4.78 is 16.1. The van der Waals surface area contributed by atoms with Gasteiger partial charge in [-0.15, -0.1) is 11.3 Å². The van der Waals surface area contributed by atoms with E-state index in [2.05, 4.69) is 27.7 Å². The van der Waals surface area contributed by atoms with Gasteiger partial charge in [0.2, 0.25) is 5.75 Å². The van der Waals surface area contributed by atoms with Gasteiger partial charge >= 0.3 is 0 Å². The average molecular weight is 419 g/mol. The summed E-state index contributed by atoms with van der Waals surface area (Å²) in [7, 11) is 4.64. The monoisotopic (exact) mass is 418 g/mol. The van der Waals surface area contributed by atoms with Gasteiger partial charge in [0.15, 0.2) is 11.5 Å². The number of thiophene rings is 1. The van der Waals surface area contributed by atoms with Gasteiger partial charge in [-0.25, -0.2) is 0 Å². The summed E-state index contributed by atoms with van der Waals surface area (Å²) in [5.41, 5.74) is 0.486. The maximum Gasteiger partial charge on any atom is 0.251 e. The number of carbonyl (C=O) groups excluding carboxylic acids is 1. The number of hydrogen-bond acceptors (Lipinski definition) is 6. The fourth-order valence-corrected chi connectivity index (χ4v) is 4.66. The molecule has 0 unspecified atom stereocenters. The zero-order valence-electron chi connectivity index (χ0n) is 17.4. The summed E-state index contributed by atoms with van der Waals surface area (Å²) in [6, 6.07) is 7.79. The number of nitrogens with one attached hydrogen (secondary N) is 1. The predicted molar refractivity (Wildman–Crippen MR) is 116 cm³/mol. The molecule has 0 bridgehead atoms. The van der Waals surface area contributed by atoms with Gasteiger partial charge in [0.25, 0.3) is 5.91 Å². The third-order valence-electron chi connectivity index (χ3n) is 5.34. The number of ether oxygens (including phenoxy) is 3. The highest BCUT2D eigenvalue weighted by Crippen LogP contribution is 2.38. The van der Waals surface area contributed by atoms with Crippen LogP contribution in [0, 0.1) is 0 Å². The Labute approximate surface area is 176 Å². The Morgan fingerprint density at radius 2 is 1.72 bits per heavy atom. The largest absolute Gasteiger partial charge is 0.493 e. The van der Waals surface area contributed by atoms with E-state index in [-0.39, 0.29) is 11.9 Å².